The maximum Gasteiger partial charge on any atom is 0.325 e. The first kappa shape index (κ1) is 10.9. The van der Waals surface area contributed by atoms with Crippen molar-refractivity contribution in [1.82, 2.24) is 5.32 Å². The molecule has 0 amide bonds. The number of carboxylic acid groups (broad SMARTS) is 1. The molecule has 1 saturated carbocycles. The monoisotopic (exact) mass is 203 g/mol. The Hall–Kier alpha value is -0.220. The molecule has 13 heavy (non-hydrogen) atoms. The van der Waals surface area contributed by atoms with E-state index in [0.717, 1.165) is 19.4 Å². The Morgan fingerprint density at radius 2 is 2.31 bits per heavy atom. The Kier molecular flexibility index (Phi) is 3.62. The van der Waals surface area contributed by atoms with E-state index in [9.17, 15) is 9.90 Å². The largest absolute Gasteiger partial charge is 0.480 e. The van der Waals surface area contributed by atoms with Gasteiger partial charge >= 0.3 is 5.97 Å². The van der Waals surface area contributed by atoms with E-state index in [1.807, 2.05) is 13.2 Å². The summed E-state index contributed by atoms with van der Waals surface area (Å²) in [6.45, 7) is 2.68. The fraction of sp³-hybridized carbons (Fsp3) is 0.889. The quantitative estimate of drug-likeness (QED) is 0.681. The highest BCUT2D eigenvalue weighted by Gasteiger charge is 2.50. The van der Waals surface area contributed by atoms with Gasteiger partial charge in [-0.15, -0.1) is 0 Å². The van der Waals surface area contributed by atoms with E-state index in [4.69, 9.17) is 0 Å². The topological polar surface area (TPSA) is 49.3 Å². The summed E-state index contributed by atoms with van der Waals surface area (Å²) in [5.41, 5.74) is -0.659. The summed E-state index contributed by atoms with van der Waals surface area (Å²) in [7, 11) is 0. The van der Waals surface area contributed by atoms with Crippen LogP contribution in [0.5, 0.6) is 0 Å². The zero-order valence-corrected chi connectivity index (χ0v) is 8.99. The van der Waals surface area contributed by atoms with Crippen molar-refractivity contribution in [2.24, 2.45) is 5.92 Å². The lowest BCUT2D eigenvalue weighted by Gasteiger charge is -2.29. The molecule has 1 aliphatic rings. The molecule has 1 rings (SSSR count). The van der Waals surface area contributed by atoms with Crippen LogP contribution in [-0.2, 0) is 4.79 Å². The van der Waals surface area contributed by atoms with Gasteiger partial charge in [0.15, 0.2) is 0 Å². The molecule has 1 unspecified atom stereocenters. The number of likely N-dealkylation sites (N-methyl/N-ethyl adjacent to an activating group) is 1. The van der Waals surface area contributed by atoms with E-state index >= 15 is 0 Å². The third-order valence-electron chi connectivity index (χ3n) is 2.52. The predicted molar refractivity (Wildman–Crippen MR) is 55.1 cm³/mol. The highest BCUT2D eigenvalue weighted by Crippen LogP contribution is 2.41. The van der Waals surface area contributed by atoms with Crippen molar-refractivity contribution in [1.29, 1.82) is 0 Å². The van der Waals surface area contributed by atoms with Crippen molar-refractivity contribution >= 4 is 17.7 Å². The third kappa shape index (κ3) is 2.17. The van der Waals surface area contributed by atoms with Gasteiger partial charge in [-0.2, -0.15) is 11.8 Å². The molecule has 0 aromatic rings. The second-order valence-electron chi connectivity index (χ2n) is 3.51. The summed E-state index contributed by atoms with van der Waals surface area (Å²) >= 11 is 1.60. The molecule has 76 valence electrons. The van der Waals surface area contributed by atoms with Gasteiger partial charge in [0.1, 0.15) is 5.54 Å². The van der Waals surface area contributed by atoms with Gasteiger partial charge in [0.2, 0.25) is 0 Å². The van der Waals surface area contributed by atoms with Gasteiger partial charge in [0.25, 0.3) is 0 Å². The van der Waals surface area contributed by atoms with E-state index in [-0.39, 0.29) is 0 Å². The van der Waals surface area contributed by atoms with Crippen LogP contribution in [0, 0.1) is 5.92 Å². The number of hydrogen-bond acceptors (Lipinski definition) is 3. The first-order chi connectivity index (χ1) is 6.17. The lowest BCUT2D eigenvalue weighted by Crippen LogP contribution is -2.56. The van der Waals surface area contributed by atoms with Gasteiger partial charge in [-0.25, -0.2) is 0 Å². The van der Waals surface area contributed by atoms with E-state index in [1.54, 1.807) is 11.8 Å². The van der Waals surface area contributed by atoms with Crippen LogP contribution in [0.1, 0.15) is 19.8 Å². The lowest BCUT2D eigenvalue weighted by molar-refractivity contribution is -0.144. The van der Waals surface area contributed by atoms with Crippen LogP contribution in [0.4, 0.5) is 0 Å². The van der Waals surface area contributed by atoms with E-state index in [1.165, 1.54) is 0 Å². The van der Waals surface area contributed by atoms with Crippen LogP contribution < -0.4 is 5.32 Å². The zero-order valence-electron chi connectivity index (χ0n) is 8.17. The molecule has 1 aliphatic carbocycles. The fourth-order valence-corrected chi connectivity index (χ4v) is 2.66. The molecular weight excluding hydrogens is 186 g/mol. The molecule has 1 atom stereocenters. The summed E-state index contributed by atoms with van der Waals surface area (Å²) in [5.74, 6) is 0.324. The second kappa shape index (κ2) is 4.33. The van der Waals surface area contributed by atoms with Crippen molar-refractivity contribution in [3.63, 3.8) is 0 Å². The molecule has 0 bridgehead atoms. The van der Waals surface area contributed by atoms with Crippen molar-refractivity contribution in [2.45, 2.75) is 25.3 Å². The molecule has 0 aromatic heterocycles. The maximum atomic E-state index is 11.2. The van der Waals surface area contributed by atoms with Gasteiger partial charge in [-0.1, -0.05) is 6.92 Å². The van der Waals surface area contributed by atoms with Crippen LogP contribution in [0.2, 0.25) is 0 Å². The van der Waals surface area contributed by atoms with Crippen LogP contribution in [0.25, 0.3) is 0 Å². The first-order valence-electron chi connectivity index (χ1n) is 4.64. The average Bonchev–Trinajstić information content (AvgIpc) is 2.85. The average molecular weight is 203 g/mol. The molecule has 0 saturated heterocycles. The summed E-state index contributed by atoms with van der Waals surface area (Å²) in [5, 5.41) is 12.4. The molecular formula is C9H17NO2S. The standard InChI is InChI=1S/C9H17NO2S/c1-3-10-9(6-13-2,8(11)12)7-4-5-7/h7,10H,3-6H2,1-2H3,(H,11,12). The molecule has 0 radical (unpaired) electrons. The van der Waals surface area contributed by atoms with Crippen LogP contribution in [-0.4, -0.2) is 35.2 Å². The lowest BCUT2D eigenvalue weighted by atomic mass is 9.96. The van der Waals surface area contributed by atoms with Crippen LogP contribution in [0.3, 0.4) is 0 Å². The number of thioether (sulfide) groups is 1. The zero-order chi connectivity index (χ0) is 9.90. The van der Waals surface area contributed by atoms with E-state index in [2.05, 4.69) is 5.32 Å². The smallest absolute Gasteiger partial charge is 0.325 e. The number of aliphatic carboxylic acids is 1. The number of nitrogens with one attached hydrogen (secondary N) is 1. The van der Waals surface area contributed by atoms with Crippen LogP contribution in [0.15, 0.2) is 0 Å². The Balaban J connectivity index is 2.72. The fourth-order valence-electron chi connectivity index (χ4n) is 1.74. The number of carboxylic acids is 1. The highest BCUT2D eigenvalue weighted by atomic mass is 32.2. The first-order valence-corrected chi connectivity index (χ1v) is 6.04. The SMILES string of the molecule is CCNC(CSC)(C(=O)O)C1CC1. The Bertz CT molecular complexity index is 186. The molecule has 0 aromatic carbocycles. The number of hydrogen-bond donors (Lipinski definition) is 2. The molecule has 2 N–H and O–H groups in total. The van der Waals surface area contributed by atoms with Gasteiger partial charge in [0, 0.05) is 5.75 Å². The van der Waals surface area contributed by atoms with Gasteiger partial charge in [-0.3, -0.25) is 4.79 Å². The van der Waals surface area contributed by atoms with Crippen molar-refractivity contribution in [3.8, 4) is 0 Å². The highest BCUT2D eigenvalue weighted by molar-refractivity contribution is 7.98. The number of rotatable bonds is 6. The molecule has 0 heterocycles. The second-order valence-corrected chi connectivity index (χ2v) is 4.38. The minimum Gasteiger partial charge on any atom is -0.480 e. The Labute approximate surface area is 83.3 Å². The Morgan fingerprint density at radius 3 is 2.62 bits per heavy atom. The summed E-state index contributed by atoms with van der Waals surface area (Å²) < 4.78 is 0. The van der Waals surface area contributed by atoms with Crippen LogP contribution >= 0.6 is 11.8 Å². The maximum absolute atomic E-state index is 11.2. The van der Waals surface area contributed by atoms with Crippen molar-refractivity contribution < 1.29 is 9.90 Å². The van der Waals surface area contributed by atoms with E-state index < -0.39 is 11.5 Å². The molecule has 0 aliphatic heterocycles. The number of carbonyl (C=O) groups is 1. The predicted octanol–water partition coefficient (Wildman–Crippen LogP) is 1.19. The minimum atomic E-state index is -0.689. The van der Waals surface area contributed by atoms with Gasteiger partial charge in [-0.05, 0) is 31.6 Å². The summed E-state index contributed by atoms with van der Waals surface area (Å²) in [6, 6.07) is 0. The molecule has 0 spiro atoms. The van der Waals surface area contributed by atoms with Gasteiger partial charge < -0.3 is 10.4 Å². The van der Waals surface area contributed by atoms with E-state index in [0.29, 0.717) is 11.7 Å². The molecule has 1 fully saturated rings. The van der Waals surface area contributed by atoms with Gasteiger partial charge in [0.05, 0.1) is 0 Å². The normalized spacial score (nSPS) is 21.1. The van der Waals surface area contributed by atoms with Crippen molar-refractivity contribution in [2.75, 3.05) is 18.6 Å². The summed E-state index contributed by atoms with van der Waals surface area (Å²) in [6.07, 6.45) is 4.07. The third-order valence-corrected chi connectivity index (χ3v) is 3.26. The minimum absolute atomic E-state index is 0.345. The Morgan fingerprint density at radius 1 is 1.69 bits per heavy atom. The molecule has 3 nitrogen and oxygen atoms in total. The van der Waals surface area contributed by atoms with Crippen molar-refractivity contribution in [3.05, 3.63) is 0 Å². The summed E-state index contributed by atoms with van der Waals surface area (Å²) in [4.78, 5) is 11.2. The molecule has 4 heteroatoms.